The van der Waals surface area contributed by atoms with Gasteiger partial charge in [-0.2, -0.15) is 0 Å². The molecule has 2 aliphatic heterocycles. The fourth-order valence-electron chi connectivity index (χ4n) is 2.85. The molecule has 2 heterocycles. The molecule has 0 aliphatic carbocycles. The highest BCUT2D eigenvalue weighted by Crippen LogP contribution is 2.34. The molecule has 5 heteroatoms. The van der Waals surface area contributed by atoms with E-state index < -0.39 is 17.4 Å². The Balaban J connectivity index is 2.09. The zero-order chi connectivity index (χ0) is 13.4. The Morgan fingerprint density at radius 2 is 2.17 bits per heavy atom. The molecular formula is C13H22FNO3. The third-order valence-corrected chi connectivity index (χ3v) is 3.42. The Hall–Kier alpha value is -0.680. The topological polar surface area (TPSA) is 38.8 Å². The van der Waals surface area contributed by atoms with Gasteiger partial charge in [-0.3, -0.25) is 4.79 Å². The minimum absolute atomic E-state index is 0.0486. The molecule has 2 aliphatic rings. The van der Waals surface area contributed by atoms with Gasteiger partial charge in [0.25, 0.3) is 0 Å². The Morgan fingerprint density at radius 1 is 1.44 bits per heavy atom. The second kappa shape index (κ2) is 4.78. The van der Waals surface area contributed by atoms with Crippen LogP contribution in [0.3, 0.4) is 0 Å². The van der Waals surface area contributed by atoms with E-state index in [0.717, 1.165) is 6.42 Å². The summed E-state index contributed by atoms with van der Waals surface area (Å²) in [6.45, 7) is 7.56. The summed E-state index contributed by atoms with van der Waals surface area (Å²) in [4.78, 5) is 13.8. The second-order valence-corrected chi connectivity index (χ2v) is 6.08. The zero-order valence-electron chi connectivity index (χ0n) is 11.4. The third kappa shape index (κ3) is 3.01. The van der Waals surface area contributed by atoms with Crippen LogP contribution in [0.4, 0.5) is 4.39 Å². The van der Waals surface area contributed by atoms with Gasteiger partial charge in [0.2, 0.25) is 5.91 Å². The fraction of sp³-hybridized carbons (Fsp3) is 0.923. The van der Waals surface area contributed by atoms with Gasteiger partial charge >= 0.3 is 0 Å². The summed E-state index contributed by atoms with van der Waals surface area (Å²) in [6, 6.07) is 0. The molecule has 2 saturated heterocycles. The summed E-state index contributed by atoms with van der Waals surface area (Å²) in [5.74, 6) is -0.132. The molecule has 4 nitrogen and oxygen atoms in total. The SMILES string of the molecule is CC(F)CC(=O)N1CC(C)(C)OC2(CCOC2)C1. The molecule has 0 radical (unpaired) electrons. The number of morpholine rings is 1. The van der Waals surface area contributed by atoms with Crippen molar-refractivity contribution in [2.24, 2.45) is 0 Å². The van der Waals surface area contributed by atoms with E-state index in [1.165, 1.54) is 6.92 Å². The molecule has 0 saturated carbocycles. The molecule has 2 fully saturated rings. The van der Waals surface area contributed by atoms with Crippen molar-refractivity contribution < 1.29 is 18.7 Å². The number of ether oxygens (including phenoxy) is 2. The number of carbonyl (C=O) groups is 1. The normalized spacial score (nSPS) is 32.8. The van der Waals surface area contributed by atoms with Gasteiger partial charge in [-0.1, -0.05) is 0 Å². The van der Waals surface area contributed by atoms with Crippen molar-refractivity contribution in [3.05, 3.63) is 0 Å². The van der Waals surface area contributed by atoms with Crippen molar-refractivity contribution in [3.63, 3.8) is 0 Å². The summed E-state index contributed by atoms with van der Waals surface area (Å²) in [7, 11) is 0. The molecule has 2 unspecified atom stereocenters. The summed E-state index contributed by atoms with van der Waals surface area (Å²) in [5.41, 5.74) is -0.794. The highest BCUT2D eigenvalue weighted by atomic mass is 19.1. The van der Waals surface area contributed by atoms with Gasteiger partial charge in [0, 0.05) is 19.6 Å². The molecule has 1 amide bonds. The molecule has 2 atom stereocenters. The monoisotopic (exact) mass is 259 g/mol. The number of hydrogen-bond donors (Lipinski definition) is 0. The van der Waals surface area contributed by atoms with E-state index in [4.69, 9.17) is 9.47 Å². The van der Waals surface area contributed by atoms with Gasteiger partial charge in [0.05, 0.1) is 25.2 Å². The standard InChI is InChI=1S/C13H22FNO3/c1-10(14)6-11(16)15-7-12(2,3)18-13(8-15)4-5-17-9-13/h10H,4-9H2,1-3H3. The van der Waals surface area contributed by atoms with Crippen molar-refractivity contribution in [3.8, 4) is 0 Å². The van der Waals surface area contributed by atoms with Gasteiger partial charge in [-0.15, -0.1) is 0 Å². The summed E-state index contributed by atoms with van der Waals surface area (Å²) >= 11 is 0. The quantitative estimate of drug-likeness (QED) is 0.755. The van der Waals surface area contributed by atoms with Crippen LogP contribution >= 0.6 is 0 Å². The molecule has 0 aromatic rings. The number of carbonyl (C=O) groups excluding carboxylic acids is 1. The summed E-state index contributed by atoms with van der Waals surface area (Å²) < 4.78 is 24.5. The van der Waals surface area contributed by atoms with E-state index in [0.29, 0.717) is 26.3 Å². The Kier molecular flexibility index (Phi) is 3.65. The number of rotatable bonds is 2. The molecule has 0 aromatic carbocycles. The van der Waals surface area contributed by atoms with Crippen molar-refractivity contribution >= 4 is 5.91 Å². The van der Waals surface area contributed by atoms with Crippen LogP contribution in [0.25, 0.3) is 0 Å². The van der Waals surface area contributed by atoms with Crippen LogP contribution in [0.1, 0.15) is 33.6 Å². The molecular weight excluding hydrogens is 237 g/mol. The molecule has 2 rings (SSSR count). The van der Waals surface area contributed by atoms with Crippen LogP contribution in [-0.4, -0.2) is 54.5 Å². The van der Waals surface area contributed by atoms with Crippen molar-refractivity contribution in [2.75, 3.05) is 26.3 Å². The van der Waals surface area contributed by atoms with E-state index in [2.05, 4.69) is 0 Å². The molecule has 0 aromatic heterocycles. The highest BCUT2D eigenvalue weighted by Gasteiger charge is 2.47. The molecule has 1 spiro atoms. The average Bonchev–Trinajstić information content (AvgIpc) is 2.62. The first-order valence-electron chi connectivity index (χ1n) is 6.52. The first kappa shape index (κ1) is 13.7. The van der Waals surface area contributed by atoms with E-state index in [9.17, 15) is 9.18 Å². The van der Waals surface area contributed by atoms with Crippen LogP contribution in [0, 0.1) is 0 Å². The molecule has 0 N–H and O–H groups in total. The highest BCUT2D eigenvalue weighted by molar-refractivity contribution is 5.77. The van der Waals surface area contributed by atoms with Crippen LogP contribution in [0.2, 0.25) is 0 Å². The Morgan fingerprint density at radius 3 is 2.72 bits per heavy atom. The van der Waals surface area contributed by atoms with Gasteiger partial charge in [0.1, 0.15) is 11.8 Å². The van der Waals surface area contributed by atoms with E-state index >= 15 is 0 Å². The molecule has 18 heavy (non-hydrogen) atoms. The predicted molar refractivity (Wildman–Crippen MR) is 65.1 cm³/mol. The lowest BCUT2D eigenvalue weighted by Gasteiger charge is -2.48. The zero-order valence-corrected chi connectivity index (χ0v) is 11.4. The summed E-state index contributed by atoms with van der Waals surface area (Å²) in [6.07, 6.45) is -0.350. The van der Waals surface area contributed by atoms with Gasteiger partial charge in [0.15, 0.2) is 0 Å². The average molecular weight is 259 g/mol. The van der Waals surface area contributed by atoms with Crippen LogP contribution in [0.5, 0.6) is 0 Å². The van der Waals surface area contributed by atoms with Crippen LogP contribution < -0.4 is 0 Å². The summed E-state index contributed by atoms with van der Waals surface area (Å²) in [5, 5.41) is 0. The minimum Gasteiger partial charge on any atom is -0.378 e. The lowest BCUT2D eigenvalue weighted by Crippen LogP contribution is -2.61. The lowest BCUT2D eigenvalue weighted by molar-refractivity contribution is -0.199. The minimum atomic E-state index is -1.10. The van der Waals surface area contributed by atoms with Crippen LogP contribution in [0.15, 0.2) is 0 Å². The predicted octanol–water partition coefficient (Wildman–Crippen LogP) is 1.53. The smallest absolute Gasteiger partial charge is 0.225 e. The third-order valence-electron chi connectivity index (χ3n) is 3.42. The largest absolute Gasteiger partial charge is 0.378 e. The van der Waals surface area contributed by atoms with Crippen molar-refractivity contribution in [1.29, 1.82) is 0 Å². The number of amides is 1. The van der Waals surface area contributed by atoms with Crippen LogP contribution in [-0.2, 0) is 14.3 Å². The van der Waals surface area contributed by atoms with E-state index in [-0.39, 0.29) is 12.3 Å². The maximum absolute atomic E-state index is 13.0. The molecule has 0 bridgehead atoms. The maximum Gasteiger partial charge on any atom is 0.225 e. The Labute approximate surface area is 107 Å². The number of nitrogens with zero attached hydrogens (tertiary/aromatic N) is 1. The second-order valence-electron chi connectivity index (χ2n) is 6.08. The molecule has 104 valence electrons. The van der Waals surface area contributed by atoms with Gasteiger partial charge < -0.3 is 14.4 Å². The van der Waals surface area contributed by atoms with Gasteiger partial charge in [-0.25, -0.2) is 4.39 Å². The van der Waals surface area contributed by atoms with Crippen molar-refractivity contribution in [2.45, 2.75) is 51.0 Å². The lowest BCUT2D eigenvalue weighted by atomic mass is 9.94. The maximum atomic E-state index is 13.0. The van der Waals surface area contributed by atoms with E-state index in [1.54, 1.807) is 4.90 Å². The van der Waals surface area contributed by atoms with E-state index in [1.807, 2.05) is 13.8 Å². The number of hydrogen-bond acceptors (Lipinski definition) is 3. The number of alkyl halides is 1. The van der Waals surface area contributed by atoms with Gasteiger partial charge in [-0.05, 0) is 20.8 Å². The fourth-order valence-corrected chi connectivity index (χ4v) is 2.85. The number of halogens is 1. The first-order valence-corrected chi connectivity index (χ1v) is 6.52. The Bertz CT molecular complexity index is 324. The van der Waals surface area contributed by atoms with Crippen molar-refractivity contribution in [1.82, 2.24) is 4.90 Å². The first-order chi connectivity index (χ1) is 8.32.